The fourth-order valence-corrected chi connectivity index (χ4v) is 2.11. The third-order valence-electron chi connectivity index (χ3n) is 2.86. The van der Waals surface area contributed by atoms with Crippen molar-refractivity contribution >= 4 is 22.5 Å². The fourth-order valence-electron chi connectivity index (χ4n) is 2.11. The summed E-state index contributed by atoms with van der Waals surface area (Å²) in [5.41, 5.74) is 1.21. The Morgan fingerprint density at radius 2 is 1.62 bits per heavy atom. The van der Waals surface area contributed by atoms with Crippen molar-refractivity contribution < 1.29 is 9.59 Å². The van der Waals surface area contributed by atoms with Crippen molar-refractivity contribution in [1.82, 2.24) is 5.32 Å². The molecule has 0 unspecified atom stereocenters. The molecule has 1 N–H and O–H groups in total. The SMILES string of the molecule is O=C1CNC(=O)c2cccc3cccc1c23. The maximum Gasteiger partial charge on any atom is 0.252 e. The minimum absolute atomic E-state index is 0.0381. The second-order valence-corrected chi connectivity index (χ2v) is 3.82. The molecule has 1 aliphatic heterocycles. The Balaban J connectivity index is 2.51. The highest BCUT2D eigenvalue weighted by molar-refractivity contribution is 6.19. The maximum atomic E-state index is 11.8. The van der Waals surface area contributed by atoms with Gasteiger partial charge in [-0.15, -0.1) is 0 Å². The van der Waals surface area contributed by atoms with Crippen LogP contribution in [0.5, 0.6) is 0 Å². The summed E-state index contributed by atoms with van der Waals surface area (Å²) in [6, 6.07) is 11.0. The lowest BCUT2D eigenvalue weighted by Gasteiger charge is -2.04. The van der Waals surface area contributed by atoms with E-state index in [-0.39, 0.29) is 18.2 Å². The first-order valence-corrected chi connectivity index (χ1v) is 5.10. The standard InChI is InChI=1S/C13H9NO2/c15-11-7-14-13(16)10-6-2-4-8-3-1-5-9(11)12(8)10/h1-6H,7H2,(H,14,16). The van der Waals surface area contributed by atoms with Crippen LogP contribution in [0.2, 0.25) is 0 Å². The highest BCUT2D eigenvalue weighted by atomic mass is 16.2. The van der Waals surface area contributed by atoms with Crippen LogP contribution in [0.4, 0.5) is 0 Å². The summed E-state index contributed by atoms with van der Waals surface area (Å²) in [5.74, 6) is -0.215. The molecule has 0 saturated heterocycles. The Labute approximate surface area is 92.1 Å². The molecule has 3 heteroatoms. The summed E-state index contributed by atoms with van der Waals surface area (Å²) in [6.07, 6.45) is 0. The molecule has 0 atom stereocenters. The van der Waals surface area contributed by atoms with Crippen molar-refractivity contribution in [2.45, 2.75) is 0 Å². The van der Waals surface area contributed by atoms with Gasteiger partial charge in [0, 0.05) is 16.5 Å². The molecule has 78 valence electrons. The Bertz CT molecular complexity index is 566. The Morgan fingerprint density at radius 3 is 2.38 bits per heavy atom. The minimum atomic E-state index is -0.177. The van der Waals surface area contributed by atoms with Gasteiger partial charge in [0.15, 0.2) is 5.78 Å². The predicted octanol–water partition coefficient (Wildman–Crippen LogP) is 1.77. The van der Waals surface area contributed by atoms with Crippen molar-refractivity contribution in [3.05, 3.63) is 47.5 Å². The van der Waals surface area contributed by atoms with E-state index >= 15 is 0 Å². The van der Waals surface area contributed by atoms with Crippen LogP contribution in [0.1, 0.15) is 20.7 Å². The van der Waals surface area contributed by atoms with Gasteiger partial charge in [-0.1, -0.05) is 30.3 Å². The second kappa shape index (κ2) is 3.17. The van der Waals surface area contributed by atoms with Gasteiger partial charge in [-0.2, -0.15) is 0 Å². The molecule has 0 saturated carbocycles. The maximum absolute atomic E-state index is 11.8. The van der Waals surface area contributed by atoms with Gasteiger partial charge in [0.1, 0.15) is 0 Å². The Kier molecular flexibility index (Phi) is 1.80. The van der Waals surface area contributed by atoms with E-state index in [2.05, 4.69) is 5.32 Å². The van der Waals surface area contributed by atoms with Crippen LogP contribution in [-0.2, 0) is 0 Å². The zero-order valence-electron chi connectivity index (χ0n) is 8.49. The summed E-state index contributed by atoms with van der Waals surface area (Å²) in [4.78, 5) is 23.6. The van der Waals surface area contributed by atoms with Gasteiger partial charge < -0.3 is 5.32 Å². The molecule has 0 fully saturated rings. The third kappa shape index (κ3) is 1.15. The normalized spacial score (nSPS) is 14.8. The molecule has 0 bridgehead atoms. The zero-order chi connectivity index (χ0) is 11.1. The topological polar surface area (TPSA) is 46.2 Å². The second-order valence-electron chi connectivity index (χ2n) is 3.82. The highest BCUT2D eigenvalue weighted by Gasteiger charge is 2.20. The van der Waals surface area contributed by atoms with Crippen molar-refractivity contribution in [3.8, 4) is 0 Å². The number of rotatable bonds is 0. The van der Waals surface area contributed by atoms with E-state index in [0.29, 0.717) is 11.1 Å². The number of ketones is 1. The molecule has 0 aliphatic carbocycles. The van der Waals surface area contributed by atoms with Gasteiger partial charge >= 0.3 is 0 Å². The van der Waals surface area contributed by atoms with Crippen molar-refractivity contribution in [2.75, 3.05) is 6.54 Å². The van der Waals surface area contributed by atoms with E-state index in [1.165, 1.54) is 0 Å². The van der Waals surface area contributed by atoms with Crippen LogP contribution in [0.15, 0.2) is 36.4 Å². The van der Waals surface area contributed by atoms with Gasteiger partial charge in [0.05, 0.1) is 6.54 Å². The Morgan fingerprint density at radius 1 is 0.938 bits per heavy atom. The predicted molar refractivity (Wildman–Crippen MR) is 60.6 cm³/mol. The number of amides is 1. The molecule has 3 nitrogen and oxygen atoms in total. The number of carbonyl (C=O) groups is 2. The van der Waals surface area contributed by atoms with Crippen molar-refractivity contribution in [3.63, 3.8) is 0 Å². The number of Topliss-reactive ketones (excluding diaryl/α,β-unsaturated/α-hetero) is 1. The quantitative estimate of drug-likeness (QED) is 0.721. The van der Waals surface area contributed by atoms with Crippen molar-refractivity contribution in [1.29, 1.82) is 0 Å². The molecule has 0 radical (unpaired) electrons. The first-order valence-electron chi connectivity index (χ1n) is 5.10. The number of carbonyl (C=O) groups excluding carboxylic acids is 2. The Hall–Kier alpha value is -2.16. The van der Waals surface area contributed by atoms with Crippen LogP contribution in [0.3, 0.4) is 0 Å². The smallest absolute Gasteiger partial charge is 0.252 e. The molecular formula is C13H9NO2. The van der Waals surface area contributed by atoms with Gasteiger partial charge in [-0.05, 0) is 11.5 Å². The molecule has 16 heavy (non-hydrogen) atoms. The summed E-state index contributed by atoms with van der Waals surface area (Å²) < 4.78 is 0. The molecule has 0 aromatic heterocycles. The van der Waals surface area contributed by atoms with Gasteiger partial charge in [-0.25, -0.2) is 0 Å². The van der Waals surface area contributed by atoms with E-state index < -0.39 is 0 Å². The summed E-state index contributed by atoms with van der Waals surface area (Å²) in [7, 11) is 0. The number of benzene rings is 2. The highest BCUT2D eigenvalue weighted by Crippen LogP contribution is 2.25. The first kappa shape index (κ1) is 9.09. The molecule has 1 heterocycles. The molecule has 1 amide bonds. The molecular weight excluding hydrogens is 202 g/mol. The van der Waals surface area contributed by atoms with Gasteiger partial charge in [-0.3, -0.25) is 9.59 Å². The average molecular weight is 211 g/mol. The minimum Gasteiger partial charge on any atom is -0.345 e. The summed E-state index contributed by atoms with van der Waals surface area (Å²) >= 11 is 0. The van der Waals surface area contributed by atoms with Gasteiger partial charge in [0.2, 0.25) is 0 Å². The lowest BCUT2D eigenvalue weighted by molar-refractivity contribution is 0.0911. The van der Waals surface area contributed by atoms with Gasteiger partial charge in [0.25, 0.3) is 5.91 Å². The molecule has 2 aromatic carbocycles. The van der Waals surface area contributed by atoms with E-state index in [1.807, 2.05) is 24.3 Å². The monoisotopic (exact) mass is 211 g/mol. The lowest BCUT2D eigenvalue weighted by Crippen LogP contribution is -2.26. The molecule has 3 rings (SSSR count). The third-order valence-corrected chi connectivity index (χ3v) is 2.86. The van der Waals surface area contributed by atoms with E-state index in [9.17, 15) is 9.59 Å². The molecule has 0 spiro atoms. The molecule has 2 aromatic rings. The molecule has 1 aliphatic rings. The number of nitrogens with one attached hydrogen (secondary N) is 1. The summed E-state index contributed by atoms with van der Waals surface area (Å²) in [6.45, 7) is 0.0760. The van der Waals surface area contributed by atoms with Crippen LogP contribution in [-0.4, -0.2) is 18.2 Å². The zero-order valence-corrected chi connectivity index (χ0v) is 8.49. The van der Waals surface area contributed by atoms with Crippen LogP contribution in [0, 0.1) is 0 Å². The fraction of sp³-hybridized carbons (Fsp3) is 0.0769. The van der Waals surface area contributed by atoms with Crippen LogP contribution < -0.4 is 5.32 Å². The van der Waals surface area contributed by atoms with Crippen LogP contribution >= 0.6 is 0 Å². The average Bonchev–Trinajstić information content (AvgIpc) is 2.44. The van der Waals surface area contributed by atoms with E-state index in [4.69, 9.17) is 0 Å². The lowest BCUT2D eigenvalue weighted by atomic mass is 9.98. The summed E-state index contributed by atoms with van der Waals surface area (Å²) in [5, 5.41) is 4.31. The van der Waals surface area contributed by atoms with E-state index in [0.717, 1.165) is 10.8 Å². The number of hydrogen-bond acceptors (Lipinski definition) is 2. The first-order chi connectivity index (χ1) is 7.77. The van der Waals surface area contributed by atoms with Crippen LogP contribution in [0.25, 0.3) is 10.8 Å². The number of hydrogen-bond donors (Lipinski definition) is 1. The largest absolute Gasteiger partial charge is 0.345 e. The van der Waals surface area contributed by atoms with E-state index in [1.54, 1.807) is 12.1 Å². The van der Waals surface area contributed by atoms with Crippen molar-refractivity contribution in [2.24, 2.45) is 0 Å².